The molecule has 3 rings (SSSR count). The molecule has 1 atom stereocenters. The molecule has 146 valence electrons. The third-order valence-electron chi connectivity index (χ3n) is 5.23. The number of fused-ring (bicyclic) bond motifs is 1. The number of anilines is 1. The van der Waals surface area contributed by atoms with Crippen molar-refractivity contribution in [3.05, 3.63) is 28.9 Å². The smallest absolute Gasteiger partial charge is 0.356 e. The molecule has 1 amide bonds. The number of halogens is 1. The third kappa shape index (κ3) is 4.62. The molecule has 1 fully saturated rings. The van der Waals surface area contributed by atoms with Gasteiger partial charge in [0.1, 0.15) is 5.69 Å². The Kier molecular flexibility index (Phi) is 5.77. The summed E-state index contributed by atoms with van der Waals surface area (Å²) in [4.78, 5) is 29.2. The van der Waals surface area contributed by atoms with Crippen LogP contribution in [-0.2, 0) is 9.53 Å². The van der Waals surface area contributed by atoms with Gasteiger partial charge in [0.15, 0.2) is 0 Å². The van der Waals surface area contributed by atoms with E-state index >= 15 is 0 Å². The Morgan fingerprint density at radius 1 is 1.37 bits per heavy atom. The number of piperidine rings is 1. The summed E-state index contributed by atoms with van der Waals surface area (Å²) >= 11 is 6.09. The number of benzene rings is 1. The highest BCUT2D eigenvalue weighted by atomic mass is 35.5. The average Bonchev–Trinajstić information content (AvgIpc) is 2.96. The fraction of sp³-hybridized carbons (Fsp3) is 0.500. The van der Waals surface area contributed by atoms with Crippen LogP contribution in [0.5, 0.6) is 0 Å². The largest absolute Gasteiger partial charge is 0.464 e. The van der Waals surface area contributed by atoms with E-state index in [0.717, 1.165) is 25.2 Å². The summed E-state index contributed by atoms with van der Waals surface area (Å²) in [6, 6.07) is 5.24. The van der Waals surface area contributed by atoms with Gasteiger partial charge in [0.2, 0.25) is 5.91 Å². The number of nitrogens with one attached hydrogen (secondary N) is 3. The standard InChI is InChI=1S/C20H26ClN3O3/c1-20(2)8-4-9-24(12-20)10-7-16(25)23-17-14-11-13(21)5-6-15(14)22-18(17)19(26)27-3/h5-6,11,22H,4,7-10,12H2,1-3H3,(H,23,25)/p+1. The number of hydrogen-bond donors (Lipinski definition) is 3. The minimum Gasteiger partial charge on any atom is -0.464 e. The highest BCUT2D eigenvalue weighted by molar-refractivity contribution is 6.31. The number of rotatable bonds is 5. The number of esters is 1. The maximum absolute atomic E-state index is 12.6. The number of carbonyl (C=O) groups excluding carboxylic acids is 2. The summed E-state index contributed by atoms with van der Waals surface area (Å²) in [5.74, 6) is -0.641. The highest BCUT2D eigenvalue weighted by Gasteiger charge is 2.29. The first-order chi connectivity index (χ1) is 12.8. The number of quaternary nitrogens is 1. The molecule has 1 saturated heterocycles. The Hall–Kier alpha value is -2.05. The van der Waals surface area contributed by atoms with E-state index in [2.05, 4.69) is 24.1 Å². The van der Waals surface area contributed by atoms with Gasteiger partial charge in [0, 0.05) is 21.3 Å². The molecule has 27 heavy (non-hydrogen) atoms. The molecular weight excluding hydrogens is 366 g/mol. The minimum atomic E-state index is -0.527. The first kappa shape index (κ1) is 19.7. The second-order valence-corrected chi connectivity index (χ2v) is 8.49. The zero-order chi connectivity index (χ0) is 19.6. The van der Waals surface area contributed by atoms with Crippen LogP contribution in [0.15, 0.2) is 18.2 Å². The van der Waals surface area contributed by atoms with E-state index in [4.69, 9.17) is 16.3 Å². The quantitative estimate of drug-likeness (QED) is 0.685. The van der Waals surface area contributed by atoms with Gasteiger partial charge in [-0.3, -0.25) is 4.79 Å². The Balaban J connectivity index is 1.74. The van der Waals surface area contributed by atoms with Gasteiger partial charge in [-0.25, -0.2) is 4.79 Å². The second-order valence-electron chi connectivity index (χ2n) is 8.05. The predicted octanol–water partition coefficient (Wildman–Crippen LogP) is 2.64. The molecule has 0 bridgehead atoms. The van der Waals surface area contributed by atoms with Crippen molar-refractivity contribution < 1.29 is 19.2 Å². The van der Waals surface area contributed by atoms with Crippen molar-refractivity contribution in [1.29, 1.82) is 0 Å². The summed E-state index contributed by atoms with van der Waals surface area (Å²) < 4.78 is 4.84. The molecule has 1 aliphatic heterocycles. The Morgan fingerprint density at radius 3 is 2.85 bits per heavy atom. The lowest BCUT2D eigenvalue weighted by atomic mass is 9.84. The Bertz CT molecular complexity index is 860. The van der Waals surface area contributed by atoms with Crippen molar-refractivity contribution in [2.75, 3.05) is 32.1 Å². The Morgan fingerprint density at radius 2 is 2.15 bits per heavy atom. The molecule has 1 aromatic carbocycles. The normalized spacial score (nSPS) is 19.0. The minimum absolute atomic E-state index is 0.114. The van der Waals surface area contributed by atoms with E-state index in [9.17, 15) is 9.59 Å². The van der Waals surface area contributed by atoms with E-state index in [0.29, 0.717) is 27.9 Å². The molecule has 6 nitrogen and oxygen atoms in total. The van der Waals surface area contributed by atoms with Gasteiger partial charge in [-0.05, 0) is 31.0 Å². The molecule has 1 aromatic heterocycles. The molecule has 0 saturated carbocycles. The van der Waals surface area contributed by atoms with Crippen LogP contribution in [0.2, 0.25) is 5.02 Å². The number of aromatic nitrogens is 1. The summed E-state index contributed by atoms with van der Waals surface area (Å²) in [5, 5.41) is 4.13. The second kappa shape index (κ2) is 7.90. The van der Waals surface area contributed by atoms with Gasteiger partial charge in [-0.2, -0.15) is 0 Å². The molecule has 0 aliphatic carbocycles. The number of H-pyrrole nitrogens is 1. The van der Waals surface area contributed by atoms with E-state index in [1.807, 2.05) is 0 Å². The number of likely N-dealkylation sites (tertiary alicyclic amines) is 1. The molecule has 2 aromatic rings. The van der Waals surface area contributed by atoms with E-state index < -0.39 is 5.97 Å². The molecule has 3 N–H and O–H groups in total. The molecule has 0 radical (unpaired) electrons. The lowest BCUT2D eigenvalue weighted by Gasteiger charge is -2.35. The van der Waals surface area contributed by atoms with Crippen molar-refractivity contribution in [2.45, 2.75) is 33.1 Å². The summed E-state index contributed by atoms with van der Waals surface area (Å²) in [6.45, 7) is 7.53. The van der Waals surface area contributed by atoms with E-state index in [1.54, 1.807) is 18.2 Å². The van der Waals surface area contributed by atoms with Crippen LogP contribution in [0.4, 0.5) is 5.69 Å². The highest BCUT2D eigenvalue weighted by Crippen LogP contribution is 2.30. The van der Waals surface area contributed by atoms with Crippen molar-refractivity contribution in [3.63, 3.8) is 0 Å². The predicted molar refractivity (Wildman–Crippen MR) is 106 cm³/mol. The van der Waals surface area contributed by atoms with Gasteiger partial charge in [-0.15, -0.1) is 0 Å². The van der Waals surface area contributed by atoms with Crippen molar-refractivity contribution in [3.8, 4) is 0 Å². The maximum Gasteiger partial charge on any atom is 0.356 e. The van der Waals surface area contributed by atoms with E-state index in [1.165, 1.54) is 24.9 Å². The van der Waals surface area contributed by atoms with Crippen LogP contribution in [0.3, 0.4) is 0 Å². The lowest BCUT2D eigenvalue weighted by Crippen LogP contribution is -3.14. The molecule has 2 heterocycles. The van der Waals surface area contributed by atoms with Crippen molar-refractivity contribution >= 4 is 40.1 Å². The molecule has 1 aliphatic rings. The first-order valence-electron chi connectivity index (χ1n) is 9.32. The number of aromatic amines is 1. The van der Waals surface area contributed by atoms with E-state index in [-0.39, 0.29) is 11.6 Å². The van der Waals surface area contributed by atoms with Gasteiger partial charge in [0.25, 0.3) is 0 Å². The summed E-state index contributed by atoms with van der Waals surface area (Å²) in [5.41, 5.74) is 1.71. The zero-order valence-electron chi connectivity index (χ0n) is 16.1. The van der Waals surface area contributed by atoms with Crippen LogP contribution in [0, 0.1) is 5.41 Å². The number of carbonyl (C=O) groups is 2. The van der Waals surface area contributed by atoms with Gasteiger partial charge in [0.05, 0.1) is 38.9 Å². The third-order valence-corrected chi connectivity index (χ3v) is 5.47. The van der Waals surface area contributed by atoms with Crippen LogP contribution in [-0.4, -0.2) is 43.6 Å². The molecule has 0 spiro atoms. The van der Waals surface area contributed by atoms with Gasteiger partial charge < -0.3 is 19.9 Å². The monoisotopic (exact) mass is 392 g/mol. The number of amides is 1. The summed E-state index contributed by atoms with van der Waals surface area (Å²) in [6.07, 6.45) is 2.83. The number of ether oxygens (including phenoxy) is 1. The van der Waals surface area contributed by atoms with Crippen LogP contribution in [0.25, 0.3) is 10.9 Å². The van der Waals surface area contributed by atoms with Crippen molar-refractivity contribution in [1.82, 2.24) is 4.98 Å². The van der Waals surface area contributed by atoms with Gasteiger partial charge in [-0.1, -0.05) is 25.4 Å². The fourth-order valence-corrected chi connectivity index (χ4v) is 4.10. The van der Waals surface area contributed by atoms with Crippen LogP contribution >= 0.6 is 11.6 Å². The SMILES string of the molecule is COC(=O)c1[nH]c2ccc(Cl)cc2c1NC(=O)CC[NH+]1CCCC(C)(C)C1. The zero-order valence-corrected chi connectivity index (χ0v) is 16.8. The number of hydrogen-bond acceptors (Lipinski definition) is 3. The number of methoxy groups -OCH3 is 1. The topological polar surface area (TPSA) is 75.6 Å². The average molecular weight is 393 g/mol. The molecule has 1 unspecified atom stereocenters. The first-order valence-corrected chi connectivity index (χ1v) is 9.70. The van der Waals surface area contributed by atoms with Gasteiger partial charge >= 0.3 is 5.97 Å². The summed E-state index contributed by atoms with van der Waals surface area (Å²) in [7, 11) is 1.31. The molecule has 7 heteroatoms. The van der Waals surface area contributed by atoms with Crippen LogP contribution in [0.1, 0.15) is 43.6 Å². The molecular formula is C20H27ClN3O3+. The fourth-order valence-electron chi connectivity index (χ4n) is 3.93. The van der Waals surface area contributed by atoms with Crippen molar-refractivity contribution in [2.24, 2.45) is 5.41 Å². The lowest BCUT2D eigenvalue weighted by molar-refractivity contribution is -0.911. The maximum atomic E-state index is 12.6. The van der Waals surface area contributed by atoms with Crippen LogP contribution < -0.4 is 10.2 Å². The Labute approximate surface area is 164 Å².